The summed E-state index contributed by atoms with van der Waals surface area (Å²) in [5.41, 5.74) is 1.62. The molecule has 0 spiro atoms. The van der Waals surface area contributed by atoms with Gasteiger partial charge in [0.25, 0.3) is 0 Å². The number of thiazole rings is 1. The molecule has 0 N–H and O–H groups in total. The highest BCUT2D eigenvalue weighted by atomic mass is 32.1. The van der Waals surface area contributed by atoms with Crippen LogP contribution in [0.15, 0.2) is 47.2 Å². The highest BCUT2D eigenvalue weighted by molar-refractivity contribution is 7.20. The number of hydrogen-bond acceptors (Lipinski definition) is 6. The highest BCUT2D eigenvalue weighted by Gasteiger charge is 2.09. The van der Waals surface area contributed by atoms with Gasteiger partial charge in [-0.1, -0.05) is 6.07 Å². The fourth-order valence-corrected chi connectivity index (χ4v) is 3.69. The van der Waals surface area contributed by atoms with Crippen molar-refractivity contribution in [1.29, 1.82) is 0 Å². The van der Waals surface area contributed by atoms with Crippen molar-refractivity contribution >= 4 is 22.7 Å². The number of thiophene rings is 1. The standard InChI is InChI=1S/C15H10FN5S2/c16-11-5-3-10(4-6-11)14-18-20-21(19-14)8-12-9-23-15(17-12)13-2-1-7-22-13/h1-7,9H,8H2. The molecule has 0 aliphatic carbocycles. The molecule has 0 bridgehead atoms. The van der Waals surface area contributed by atoms with E-state index in [0.29, 0.717) is 12.4 Å². The first-order chi connectivity index (χ1) is 11.3. The van der Waals surface area contributed by atoms with Crippen molar-refractivity contribution in [2.45, 2.75) is 6.54 Å². The number of aromatic nitrogens is 5. The second-order valence-electron chi connectivity index (χ2n) is 4.77. The highest BCUT2D eigenvalue weighted by Crippen LogP contribution is 2.27. The van der Waals surface area contributed by atoms with Gasteiger partial charge in [0.15, 0.2) is 0 Å². The third-order valence-electron chi connectivity index (χ3n) is 3.14. The number of rotatable bonds is 4. The molecule has 0 saturated carbocycles. The minimum Gasteiger partial charge on any atom is -0.238 e. The Bertz CT molecular complexity index is 912. The van der Waals surface area contributed by atoms with Gasteiger partial charge in [-0.2, -0.15) is 4.80 Å². The lowest BCUT2D eigenvalue weighted by Gasteiger charge is -1.95. The van der Waals surface area contributed by atoms with Crippen LogP contribution in [-0.4, -0.2) is 25.2 Å². The third kappa shape index (κ3) is 3.03. The van der Waals surface area contributed by atoms with Gasteiger partial charge in [0.05, 0.1) is 10.6 Å². The van der Waals surface area contributed by atoms with Crippen molar-refractivity contribution in [3.8, 4) is 21.3 Å². The Morgan fingerprint density at radius 3 is 2.74 bits per heavy atom. The third-order valence-corrected chi connectivity index (χ3v) is 5.07. The molecule has 1 aromatic carbocycles. The van der Waals surface area contributed by atoms with E-state index in [-0.39, 0.29) is 5.82 Å². The first-order valence-electron chi connectivity index (χ1n) is 6.80. The lowest BCUT2D eigenvalue weighted by Crippen LogP contribution is -2.04. The van der Waals surface area contributed by atoms with Crippen LogP contribution in [0.4, 0.5) is 4.39 Å². The number of halogens is 1. The monoisotopic (exact) mass is 343 g/mol. The molecule has 0 fully saturated rings. The zero-order chi connectivity index (χ0) is 15.6. The molecule has 8 heteroatoms. The average molecular weight is 343 g/mol. The Morgan fingerprint density at radius 1 is 1.09 bits per heavy atom. The summed E-state index contributed by atoms with van der Waals surface area (Å²) < 4.78 is 12.9. The van der Waals surface area contributed by atoms with Crippen LogP contribution in [0.25, 0.3) is 21.3 Å². The first kappa shape index (κ1) is 14.2. The Kier molecular flexibility index (Phi) is 3.68. The lowest BCUT2D eigenvalue weighted by atomic mass is 10.2. The Morgan fingerprint density at radius 2 is 1.96 bits per heavy atom. The van der Waals surface area contributed by atoms with Gasteiger partial charge in [-0.25, -0.2) is 9.37 Å². The van der Waals surface area contributed by atoms with Gasteiger partial charge in [0.2, 0.25) is 5.82 Å². The first-order valence-corrected chi connectivity index (χ1v) is 8.56. The predicted octanol–water partition coefficient (Wildman–Crippen LogP) is 3.71. The molecule has 0 aliphatic rings. The number of benzene rings is 1. The van der Waals surface area contributed by atoms with Crippen LogP contribution in [0.2, 0.25) is 0 Å². The van der Waals surface area contributed by atoms with E-state index in [4.69, 9.17) is 0 Å². The number of nitrogens with zero attached hydrogens (tertiary/aromatic N) is 5. The molecule has 0 unspecified atom stereocenters. The van der Waals surface area contributed by atoms with Crippen LogP contribution in [0, 0.1) is 5.82 Å². The smallest absolute Gasteiger partial charge is 0.204 e. The Balaban J connectivity index is 1.53. The topological polar surface area (TPSA) is 56.5 Å². The molecule has 0 saturated heterocycles. The second-order valence-corrected chi connectivity index (χ2v) is 6.58. The molecule has 114 valence electrons. The van der Waals surface area contributed by atoms with Gasteiger partial charge >= 0.3 is 0 Å². The molecule has 0 amide bonds. The van der Waals surface area contributed by atoms with Crippen molar-refractivity contribution in [2.24, 2.45) is 0 Å². The fraction of sp³-hybridized carbons (Fsp3) is 0.0667. The normalized spacial score (nSPS) is 11.0. The molecule has 5 nitrogen and oxygen atoms in total. The molecule has 4 rings (SSSR count). The van der Waals surface area contributed by atoms with E-state index in [9.17, 15) is 4.39 Å². The van der Waals surface area contributed by atoms with Crippen molar-refractivity contribution in [3.05, 3.63) is 58.7 Å². The summed E-state index contributed by atoms with van der Waals surface area (Å²) in [6.07, 6.45) is 0. The Labute approximate surface area is 139 Å². The molecule has 3 heterocycles. The van der Waals surface area contributed by atoms with E-state index in [1.165, 1.54) is 16.9 Å². The van der Waals surface area contributed by atoms with Gasteiger partial charge in [0, 0.05) is 10.9 Å². The quantitative estimate of drug-likeness (QED) is 0.567. The summed E-state index contributed by atoms with van der Waals surface area (Å²) in [6.45, 7) is 0.454. The van der Waals surface area contributed by atoms with Crippen molar-refractivity contribution < 1.29 is 4.39 Å². The summed E-state index contributed by atoms with van der Waals surface area (Å²) in [4.78, 5) is 7.24. The number of hydrogen-bond donors (Lipinski definition) is 0. The molecule has 0 radical (unpaired) electrons. The minimum absolute atomic E-state index is 0.287. The van der Waals surface area contributed by atoms with Crippen molar-refractivity contribution in [1.82, 2.24) is 25.2 Å². The SMILES string of the molecule is Fc1ccc(-c2nnn(Cc3csc(-c4cccs4)n3)n2)cc1. The van der Waals surface area contributed by atoms with E-state index in [1.807, 2.05) is 22.9 Å². The van der Waals surface area contributed by atoms with Crippen molar-refractivity contribution in [3.63, 3.8) is 0 Å². The van der Waals surface area contributed by atoms with E-state index in [1.54, 1.807) is 34.8 Å². The van der Waals surface area contributed by atoms with Gasteiger partial charge in [0.1, 0.15) is 17.4 Å². The van der Waals surface area contributed by atoms with Gasteiger partial charge in [-0.05, 0) is 40.9 Å². The van der Waals surface area contributed by atoms with E-state index in [0.717, 1.165) is 21.1 Å². The maximum Gasteiger partial charge on any atom is 0.204 e. The molecule has 23 heavy (non-hydrogen) atoms. The maximum atomic E-state index is 12.9. The summed E-state index contributed by atoms with van der Waals surface area (Å²) >= 11 is 3.26. The number of tetrazole rings is 1. The molecule has 0 atom stereocenters. The maximum absolute atomic E-state index is 12.9. The molecular formula is C15H10FN5S2. The van der Waals surface area contributed by atoms with E-state index < -0.39 is 0 Å². The summed E-state index contributed by atoms with van der Waals surface area (Å²) in [5.74, 6) is 0.184. The van der Waals surface area contributed by atoms with Gasteiger partial charge < -0.3 is 0 Å². The van der Waals surface area contributed by atoms with Crippen LogP contribution < -0.4 is 0 Å². The zero-order valence-corrected chi connectivity index (χ0v) is 13.4. The van der Waals surface area contributed by atoms with Crippen LogP contribution in [-0.2, 0) is 6.54 Å². The summed E-state index contributed by atoms with van der Waals surface area (Å²) in [5, 5.41) is 17.4. The minimum atomic E-state index is -0.287. The average Bonchev–Trinajstić information content (AvgIpc) is 3.29. The second kappa shape index (κ2) is 5.98. The molecule has 0 aliphatic heterocycles. The summed E-state index contributed by atoms with van der Waals surface area (Å²) in [6, 6.07) is 10.1. The van der Waals surface area contributed by atoms with Gasteiger partial charge in [-0.3, -0.25) is 0 Å². The van der Waals surface area contributed by atoms with Crippen LogP contribution >= 0.6 is 22.7 Å². The van der Waals surface area contributed by atoms with Gasteiger partial charge in [-0.15, -0.1) is 32.9 Å². The van der Waals surface area contributed by atoms with Crippen LogP contribution in [0.1, 0.15) is 5.69 Å². The lowest BCUT2D eigenvalue weighted by molar-refractivity contribution is 0.566. The molecule has 4 aromatic rings. The zero-order valence-electron chi connectivity index (χ0n) is 11.8. The predicted molar refractivity (Wildman–Crippen MR) is 87.7 cm³/mol. The summed E-state index contributed by atoms with van der Waals surface area (Å²) in [7, 11) is 0. The van der Waals surface area contributed by atoms with Crippen molar-refractivity contribution in [2.75, 3.05) is 0 Å². The molecule has 3 aromatic heterocycles. The van der Waals surface area contributed by atoms with Crippen LogP contribution in [0.3, 0.4) is 0 Å². The molecular weight excluding hydrogens is 333 g/mol. The van der Waals surface area contributed by atoms with Crippen LogP contribution in [0.5, 0.6) is 0 Å². The largest absolute Gasteiger partial charge is 0.238 e. The van der Waals surface area contributed by atoms with E-state index in [2.05, 4.69) is 20.4 Å². The van der Waals surface area contributed by atoms with E-state index >= 15 is 0 Å². The Hall–Kier alpha value is -2.45. The fourth-order valence-electron chi connectivity index (χ4n) is 2.06.